The van der Waals surface area contributed by atoms with Gasteiger partial charge in [0.05, 0.1) is 10.8 Å². The van der Waals surface area contributed by atoms with E-state index in [1.165, 1.54) is 23.1 Å². The van der Waals surface area contributed by atoms with Crippen molar-refractivity contribution in [3.63, 3.8) is 0 Å². The Bertz CT molecular complexity index is 464. The Morgan fingerprint density at radius 1 is 1.50 bits per heavy atom. The van der Waals surface area contributed by atoms with Crippen LogP contribution in [-0.2, 0) is 6.61 Å². The van der Waals surface area contributed by atoms with Crippen LogP contribution in [0.4, 0.5) is 4.39 Å². The first kappa shape index (κ1) is 9.96. The summed E-state index contributed by atoms with van der Waals surface area (Å²) in [7, 11) is 0. The van der Waals surface area contributed by atoms with E-state index in [9.17, 15) is 4.39 Å². The summed E-state index contributed by atoms with van der Waals surface area (Å²) >= 11 is 2.85. The Hall–Kier alpha value is -0.580. The Morgan fingerprint density at radius 3 is 2.93 bits per heavy atom. The van der Waals surface area contributed by atoms with Crippen molar-refractivity contribution in [2.45, 2.75) is 10.8 Å². The highest BCUT2D eigenvalue weighted by atomic mass is 32.2. The van der Waals surface area contributed by atoms with Crippen LogP contribution in [0.3, 0.4) is 0 Å². The molecule has 0 saturated heterocycles. The van der Waals surface area contributed by atoms with Crippen LogP contribution in [0.25, 0.3) is 10.1 Å². The van der Waals surface area contributed by atoms with Gasteiger partial charge in [0.2, 0.25) is 0 Å². The highest BCUT2D eigenvalue weighted by Crippen LogP contribution is 2.35. The first-order chi connectivity index (χ1) is 6.76. The minimum absolute atomic E-state index is 0.00403. The molecule has 0 unspecified atom stereocenters. The summed E-state index contributed by atoms with van der Waals surface area (Å²) in [5.74, 6) is -0.137. The van der Waals surface area contributed by atoms with E-state index in [0.29, 0.717) is 9.60 Å². The van der Waals surface area contributed by atoms with Crippen LogP contribution in [0.5, 0.6) is 0 Å². The van der Waals surface area contributed by atoms with Crippen molar-refractivity contribution >= 4 is 33.2 Å². The molecule has 0 aliphatic rings. The average Bonchev–Trinajstić information content (AvgIpc) is 2.55. The zero-order valence-electron chi connectivity index (χ0n) is 7.58. The molecule has 0 fully saturated rings. The molecule has 1 aromatic carbocycles. The fraction of sp³-hybridized carbons (Fsp3) is 0.200. The zero-order valence-corrected chi connectivity index (χ0v) is 9.21. The van der Waals surface area contributed by atoms with Gasteiger partial charge in [-0.1, -0.05) is 12.1 Å². The van der Waals surface area contributed by atoms with Crippen molar-refractivity contribution in [2.24, 2.45) is 0 Å². The summed E-state index contributed by atoms with van der Waals surface area (Å²) < 4.78 is 15.2. The van der Waals surface area contributed by atoms with E-state index in [2.05, 4.69) is 0 Å². The monoisotopic (exact) mass is 228 g/mol. The van der Waals surface area contributed by atoms with Gasteiger partial charge >= 0.3 is 0 Å². The van der Waals surface area contributed by atoms with Crippen molar-refractivity contribution in [1.82, 2.24) is 0 Å². The minimum Gasteiger partial charge on any atom is -0.392 e. The molecule has 1 nitrogen and oxygen atoms in total. The number of hydrogen-bond donors (Lipinski definition) is 1. The SMILES string of the molecule is CSc1sc2cc(CO)ccc2c1F. The predicted molar refractivity (Wildman–Crippen MR) is 59.5 cm³/mol. The molecule has 74 valence electrons. The van der Waals surface area contributed by atoms with Gasteiger partial charge in [-0.3, -0.25) is 0 Å². The molecule has 0 radical (unpaired) electrons. The van der Waals surface area contributed by atoms with Crippen molar-refractivity contribution in [2.75, 3.05) is 6.26 Å². The fourth-order valence-corrected chi connectivity index (χ4v) is 3.09. The highest BCUT2D eigenvalue weighted by Gasteiger charge is 2.10. The van der Waals surface area contributed by atoms with Gasteiger partial charge in [0.15, 0.2) is 5.82 Å². The standard InChI is InChI=1S/C10H9FOS2/c1-13-10-9(11)7-3-2-6(5-12)4-8(7)14-10/h2-4,12H,5H2,1H3. The largest absolute Gasteiger partial charge is 0.392 e. The second kappa shape index (κ2) is 3.88. The second-order valence-electron chi connectivity index (χ2n) is 2.90. The van der Waals surface area contributed by atoms with Crippen molar-refractivity contribution in [3.8, 4) is 0 Å². The third-order valence-electron chi connectivity index (χ3n) is 2.03. The summed E-state index contributed by atoms with van der Waals surface area (Å²) in [5.41, 5.74) is 0.825. The third-order valence-corrected chi connectivity index (χ3v) is 4.25. The predicted octanol–water partition coefficient (Wildman–Crippen LogP) is 3.25. The molecule has 0 aliphatic heterocycles. The van der Waals surface area contributed by atoms with E-state index >= 15 is 0 Å². The third kappa shape index (κ3) is 1.54. The van der Waals surface area contributed by atoms with E-state index in [1.807, 2.05) is 12.3 Å². The van der Waals surface area contributed by atoms with Crippen LogP contribution in [0.1, 0.15) is 5.56 Å². The first-order valence-corrected chi connectivity index (χ1v) is 6.16. The molecule has 0 bridgehead atoms. The molecular weight excluding hydrogens is 219 g/mol. The molecular formula is C10H9FOS2. The average molecular weight is 228 g/mol. The normalized spacial score (nSPS) is 11.1. The Labute approximate surface area is 89.6 Å². The minimum atomic E-state index is -0.137. The van der Waals surface area contributed by atoms with Gasteiger partial charge < -0.3 is 5.11 Å². The second-order valence-corrected chi connectivity index (χ2v) is 5.02. The van der Waals surface area contributed by atoms with Crippen molar-refractivity contribution < 1.29 is 9.50 Å². The topological polar surface area (TPSA) is 20.2 Å². The number of thioether (sulfide) groups is 1. The number of benzene rings is 1. The number of aliphatic hydroxyl groups is 1. The number of hydrogen-bond acceptors (Lipinski definition) is 3. The molecule has 0 aliphatic carbocycles. The number of aliphatic hydroxyl groups excluding tert-OH is 1. The van der Waals surface area contributed by atoms with E-state index < -0.39 is 0 Å². The Balaban J connectivity index is 2.66. The maximum absolute atomic E-state index is 13.6. The first-order valence-electron chi connectivity index (χ1n) is 4.12. The number of halogens is 1. The highest BCUT2D eigenvalue weighted by molar-refractivity contribution is 8.00. The molecule has 0 amide bonds. The van der Waals surface area contributed by atoms with E-state index in [0.717, 1.165) is 10.3 Å². The Kier molecular flexibility index (Phi) is 2.76. The Morgan fingerprint density at radius 2 is 2.29 bits per heavy atom. The molecule has 0 atom stereocenters. The molecule has 4 heteroatoms. The van der Waals surface area contributed by atoms with Gasteiger partial charge in [-0.05, 0) is 17.9 Å². The molecule has 0 spiro atoms. The van der Waals surface area contributed by atoms with Crippen molar-refractivity contribution in [1.29, 1.82) is 0 Å². The van der Waals surface area contributed by atoms with Crippen LogP contribution < -0.4 is 0 Å². The zero-order chi connectivity index (χ0) is 10.1. The van der Waals surface area contributed by atoms with Crippen LogP contribution in [0.15, 0.2) is 22.4 Å². The maximum atomic E-state index is 13.6. The lowest BCUT2D eigenvalue weighted by Gasteiger charge is -1.94. The molecule has 14 heavy (non-hydrogen) atoms. The maximum Gasteiger partial charge on any atom is 0.155 e. The van der Waals surface area contributed by atoms with Gasteiger partial charge in [-0.15, -0.1) is 23.1 Å². The molecule has 2 rings (SSSR count). The molecule has 1 heterocycles. The number of thiophene rings is 1. The molecule has 0 saturated carbocycles. The summed E-state index contributed by atoms with van der Waals surface area (Å²) in [6.45, 7) is 0.00403. The van der Waals surface area contributed by atoms with E-state index in [1.54, 1.807) is 12.1 Å². The van der Waals surface area contributed by atoms with Crippen molar-refractivity contribution in [3.05, 3.63) is 29.6 Å². The molecule has 1 aromatic heterocycles. The van der Waals surface area contributed by atoms with Crippen LogP contribution >= 0.6 is 23.1 Å². The van der Waals surface area contributed by atoms with Crippen LogP contribution in [0.2, 0.25) is 0 Å². The summed E-state index contributed by atoms with van der Waals surface area (Å²) in [6, 6.07) is 5.32. The number of fused-ring (bicyclic) bond motifs is 1. The van der Waals surface area contributed by atoms with Crippen LogP contribution in [0, 0.1) is 5.82 Å². The van der Waals surface area contributed by atoms with Gasteiger partial charge in [0, 0.05) is 10.1 Å². The molecule has 2 aromatic rings. The van der Waals surface area contributed by atoms with E-state index in [-0.39, 0.29) is 12.4 Å². The van der Waals surface area contributed by atoms with Gasteiger partial charge in [-0.2, -0.15) is 0 Å². The number of rotatable bonds is 2. The summed E-state index contributed by atoms with van der Waals surface area (Å²) in [4.78, 5) is 0. The quantitative estimate of drug-likeness (QED) is 0.796. The lowest BCUT2D eigenvalue weighted by Crippen LogP contribution is -1.80. The lowest BCUT2D eigenvalue weighted by molar-refractivity contribution is 0.282. The van der Waals surface area contributed by atoms with Crippen LogP contribution in [-0.4, -0.2) is 11.4 Å². The van der Waals surface area contributed by atoms with Gasteiger partial charge in [0.1, 0.15) is 0 Å². The summed E-state index contributed by atoms with van der Waals surface area (Å²) in [5, 5.41) is 9.59. The van der Waals surface area contributed by atoms with Gasteiger partial charge in [-0.25, -0.2) is 4.39 Å². The van der Waals surface area contributed by atoms with E-state index in [4.69, 9.17) is 5.11 Å². The lowest BCUT2D eigenvalue weighted by atomic mass is 10.2. The smallest absolute Gasteiger partial charge is 0.155 e. The fourth-order valence-electron chi connectivity index (χ4n) is 1.32. The van der Waals surface area contributed by atoms with Gasteiger partial charge in [0.25, 0.3) is 0 Å². The molecule has 1 N–H and O–H groups in total. The summed E-state index contributed by atoms with van der Waals surface area (Å²) in [6.07, 6.45) is 1.86.